The number of carbonyl (C=O) groups excluding carboxylic acids is 1. The van der Waals surface area contributed by atoms with Crippen molar-refractivity contribution >= 4 is 23.5 Å². The normalized spacial score (nSPS) is 12.9. The molecule has 1 atom stereocenters. The monoisotopic (exact) mass is 562 g/mol. The van der Waals surface area contributed by atoms with Gasteiger partial charge in [0.25, 0.3) is 5.91 Å². The van der Waals surface area contributed by atoms with Gasteiger partial charge < -0.3 is 16.8 Å². The number of halogens is 4. The van der Waals surface area contributed by atoms with Crippen LogP contribution < -0.4 is 16.8 Å². The number of carbonyl (C=O) groups is 1. The highest BCUT2D eigenvalue weighted by Crippen LogP contribution is 2.36. The minimum absolute atomic E-state index is 0.194. The number of anilines is 1. The van der Waals surface area contributed by atoms with Gasteiger partial charge in [-0.2, -0.15) is 13.2 Å². The van der Waals surface area contributed by atoms with Gasteiger partial charge >= 0.3 is 6.18 Å². The number of nitrogens with zero attached hydrogens (tertiary/aromatic N) is 3. The Balaban J connectivity index is 1.80. The van der Waals surface area contributed by atoms with E-state index < -0.39 is 34.6 Å². The summed E-state index contributed by atoms with van der Waals surface area (Å²) < 4.78 is 56.1. The maximum absolute atomic E-state index is 15.0. The first-order valence-corrected chi connectivity index (χ1v) is 12.4. The summed E-state index contributed by atoms with van der Waals surface area (Å²) in [5, 5.41) is 2.62. The Hall–Kier alpha value is -4.90. The van der Waals surface area contributed by atoms with Crippen molar-refractivity contribution in [1.29, 1.82) is 0 Å². The Labute approximate surface area is 233 Å². The molecule has 5 N–H and O–H groups in total. The molecule has 7 nitrogen and oxygen atoms in total. The SMILES string of the molecule is CN=CC=C(N)c1cc(C(=O)Nc2cc(-c3ccc(C(C)N)cn3)cnc2-c2ccccc2)c(F)cc1C(F)(F)F. The Kier molecular flexibility index (Phi) is 8.58. The molecule has 2 aromatic carbocycles. The number of aromatic nitrogens is 2. The lowest BCUT2D eigenvalue weighted by Crippen LogP contribution is -2.19. The number of alkyl halides is 3. The summed E-state index contributed by atoms with van der Waals surface area (Å²) in [4.78, 5) is 26.0. The van der Waals surface area contributed by atoms with E-state index in [1.807, 2.05) is 13.0 Å². The van der Waals surface area contributed by atoms with Crippen molar-refractivity contribution in [3.8, 4) is 22.5 Å². The standard InChI is InChI=1S/C30H26F4N6O/c1-17(35)19-8-9-26(38-15-19)20-12-27(28(39-16-20)18-6-4-3-5-7-18)40-29(41)22-13-21(25(36)10-11-37-2)23(14-24(22)31)30(32,33)34/h3-17H,35-36H2,1-2H3,(H,40,41). The van der Waals surface area contributed by atoms with E-state index in [0.29, 0.717) is 22.5 Å². The third-order valence-corrected chi connectivity index (χ3v) is 6.16. The van der Waals surface area contributed by atoms with Crippen LogP contribution in [0.5, 0.6) is 0 Å². The van der Waals surface area contributed by atoms with Crippen molar-refractivity contribution in [2.24, 2.45) is 16.5 Å². The molecular weight excluding hydrogens is 536 g/mol. The molecule has 0 bridgehead atoms. The average Bonchev–Trinajstić information content (AvgIpc) is 2.95. The fourth-order valence-electron chi connectivity index (χ4n) is 4.03. The van der Waals surface area contributed by atoms with Gasteiger partial charge in [0.15, 0.2) is 0 Å². The van der Waals surface area contributed by atoms with Crippen LogP contribution in [0, 0.1) is 5.82 Å². The molecule has 1 amide bonds. The van der Waals surface area contributed by atoms with E-state index in [0.717, 1.165) is 17.7 Å². The van der Waals surface area contributed by atoms with Crippen LogP contribution in [0.15, 0.2) is 84.1 Å². The first-order chi connectivity index (χ1) is 19.5. The van der Waals surface area contributed by atoms with Gasteiger partial charge in [-0.3, -0.25) is 19.8 Å². The van der Waals surface area contributed by atoms with E-state index in [1.165, 1.54) is 13.3 Å². The number of nitrogens with one attached hydrogen (secondary N) is 1. The van der Waals surface area contributed by atoms with E-state index in [1.54, 1.807) is 54.9 Å². The zero-order valence-electron chi connectivity index (χ0n) is 22.1. The van der Waals surface area contributed by atoms with Crippen LogP contribution in [0.25, 0.3) is 28.2 Å². The zero-order chi connectivity index (χ0) is 29.7. The number of allylic oxidation sites excluding steroid dienone is 1. The highest BCUT2D eigenvalue weighted by atomic mass is 19.4. The predicted octanol–water partition coefficient (Wildman–Crippen LogP) is 6.24. The van der Waals surface area contributed by atoms with Crippen LogP contribution in [-0.2, 0) is 6.18 Å². The van der Waals surface area contributed by atoms with Crippen molar-refractivity contribution in [2.75, 3.05) is 12.4 Å². The molecule has 0 aliphatic rings. The third kappa shape index (κ3) is 6.64. The lowest BCUT2D eigenvalue weighted by molar-refractivity contribution is -0.138. The molecule has 0 aliphatic heterocycles. The molecule has 0 saturated carbocycles. The van der Waals surface area contributed by atoms with Crippen LogP contribution in [-0.4, -0.2) is 29.1 Å². The largest absolute Gasteiger partial charge is 0.417 e. The molecule has 2 heterocycles. The van der Waals surface area contributed by atoms with Crippen molar-refractivity contribution in [2.45, 2.75) is 19.1 Å². The second-order valence-corrected chi connectivity index (χ2v) is 9.11. The fraction of sp³-hybridized carbons (Fsp3) is 0.133. The quantitative estimate of drug-likeness (QED) is 0.182. The number of aliphatic imine (C=N–C) groups is 1. The zero-order valence-corrected chi connectivity index (χ0v) is 22.1. The highest BCUT2D eigenvalue weighted by Gasteiger charge is 2.36. The lowest BCUT2D eigenvalue weighted by atomic mass is 9.99. The Morgan fingerprint density at radius 3 is 2.34 bits per heavy atom. The minimum atomic E-state index is -4.92. The van der Waals surface area contributed by atoms with Crippen LogP contribution in [0.1, 0.15) is 40.0 Å². The smallest absolute Gasteiger partial charge is 0.398 e. The third-order valence-electron chi connectivity index (χ3n) is 6.16. The van der Waals surface area contributed by atoms with Crippen molar-refractivity contribution in [3.05, 3.63) is 107 Å². The van der Waals surface area contributed by atoms with Gasteiger partial charge in [0.05, 0.1) is 28.2 Å². The number of pyridine rings is 2. The van der Waals surface area contributed by atoms with Gasteiger partial charge in [-0.15, -0.1) is 0 Å². The Bertz CT molecular complexity index is 1620. The second kappa shape index (κ2) is 12.1. The summed E-state index contributed by atoms with van der Waals surface area (Å²) in [6.07, 6.45) is 0.606. The molecule has 0 aliphatic carbocycles. The summed E-state index contributed by atoms with van der Waals surface area (Å²) in [6.45, 7) is 1.83. The van der Waals surface area contributed by atoms with Crippen molar-refractivity contribution in [1.82, 2.24) is 9.97 Å². The Morgan fingerprint density at radius 1 is 1.00 bits per heavy atom. The first kappa shape index (κ1) is 29.1. The summed E-state index contributed by atoms with van der Waals surface area (Å²) in [5.74, 6) is -2.36. The molecule has 0 radical (unpaired) electrons. The lowest BCUT2D eigenvalue weighted by Gasteiger charge is -2.17. The summed E-state index contributed by atoms with van der Waals surface area (Å²) >= 11 is 0. The first-order valence-electron chi connectivity index (χ1n) is 12.4. The predicted molar refractivity (Wildman–Crippen MR) is 151 cm³/mol. The minimum Gasteiger partial charge on any atom is -0.398 e. The molecule has 41 heavy (non-hydrogen) atoms. The van der Waals surface area contributed by atoms with Crippen LogP contribution >= 0.6 is 0 Å². The number of benzene rings is 2. The molecule has 1 unspecified atom stereocenters. The number of nitrogens with two attached hydrogens (primary N) is 2. The van der Waals surface area contributed by atoms with E-state index in [4.69, 9.17) is 11.5 Å². The van der Waals surface area contributed by atoms with E-state index >= 15 is 4.39 Å². The number of hydrogen-bond acceptors (Lipinski definition) is 6. The summed E-state index contributed by atoms with van der Waals surface area (Å²) in [6, 6.07) is 14.9. The molecule has 0 spiro atoms. The van der Waals surface area contributed by atoms with Gasteiger partial charge in [0.2, 0.25) is 0 Å². The molecular formula is C30H26F4N6O. The molecule has 0 saturated heterocycles. The van der Waals surface area contributed by atoms with Crippen LogP contribution in [0.2, 0.25) is 0 Å². The number of rotatable bonds is 7. The van der Waals surface area contributed by atoms with Gasteiger partial charge in [0, 0.05) is 54.1 Å². The van der Waals surface area contributed by atoms with E-state index in [9.17, 15) is 18.0 Å². The van der Waals surface area contributed by atoms with Crippen molar-refractivity contribution < 1.29 is 22.4 Å². The fourth-order valence-corrected chi connectivity index (χ4v) is 4.03. The number of amides is 1. The molecule has 0 fully saturated rings. The van der Waals surface area contributed by atoms with Crippen LogP contribution in [0.3, 0.4) is 0 Å². The summed E-state index contributed by atoms with van der Waals surface area (Å²) in [7, 11) is 1.41. The van der Waals surface area contributed by atoms with Gasteiger partial charge in [-0.1, -0.05) is 36.4 Å². The van der Waals surface area contributed by atoms with Crippen LogP contribution in [0.4, 0.5) is 23.2 Å². The average molecular weight is 563 g/mol. The highest BCUT2D eigenvalue weighted by molar-refractivity contribution is 6.07. The molecule has 210 valence electrons. The number of hydrogen-bond donors (Lipinski definition) is 3. The van der Waals surface area contributed by atoms with Gasteiger partial charge in [-0.25, -0.2) is 4.39 Å². The molecule has 11 heteroatoms. The van der Waals surface area contributed by atoms with E-state index in [2.05, 4.69) is 20.3 Å². The van der Waals surface area contributed by atoms with Gasteiger partial charge in [0.1, 0.15) is 5.82 Å². The molecule has 2 aromatic heterocycles. The molecule has 4 aromatic rings. The maximum Gasteiger partial charge on any atom is 0.417 e. The Morgan fingerprint density at radius 2 is 1.73 bits per heavy atom. The van der Waals surface area contributed by atoms with E-state index in [-0.39, 0.29) is 23.5 Å². The molecule has 4 rings (SSSR count). The van der Waals surface area contributed by atoms with Crippen molar-refractivity contribution in [3.63, 3.8) is 0 Å². The second-order valence-electron chi connectivity index (χ2n) is 9.11. The maximum atomic E-state index is 15.0. The van der Waals surface area contributed by atoms with Gasteiger partial charge in [-0.05, 0) is 42.8 Å². The topological polar surface area (TPSA) is 119 Å². The summed E-state index contributed by atoms with van der Waals surface area (Å²) in [5.41, 5.74) is 12.0.